The number of aromatic nitrogens is 2. The minimum Gasteiger partial charge on any atom is -0.379 e. The molecular formula is C19H22N4O3S2. The monoisotopic (exact) mass is 418 g/mol. The number of sulfonamides is 1. The van der Waals surface area contributed by atoms with Crippen LogP contribution in [0.4, 0.5) is 5.82 Å². The second-order valence-corrected chi connectivity index (χ2v) is 9.89. The Morgan fingerprint density at radius 1 is 1.18 bits per heavy atom. The van der Waals surface area contributed by atoms with Crippen LogP contribution in [0.3, 0.4) is 0 Å². The van der Waals surface area contributed by atoms with Crippen LogP contribution < -0.4 is 5.32 Å². The molecule has 2 aromatic heterocycles. The molecule has 9 heteroatoms. The van der Waals surface area contributed by atoms with E-state index >= 15 is 0 Å². The lowest BCUT2D eigenvalue weighted by atomic mass is 10.1. The lowest BCUT2D eigenvalue weighted by molar-refractivity contribution is 0.0729. The van der Waals surface area contributed by atoms with Gasteiger partial charge in [0.25, 0.3) is 0 Å². The number of ether oxygens (including phenoxy) is 1. The van der Waals surface area contributed by atoms with Gasteiger partial charge in [-0.2, -0.15) is 4.31 Å². The maximum Gasteiger partial charge on any atom is 0.218 e. The van der Waals surface area contributed by atoms with Crippen LogP contribution in [-0.2, 0) is 27.1 Å². The number of thiophene rings is 1. The van der Waals surface area contributed by atoms with E-state index in [1.54, 1.807) is 17.7 Å². The Balaban J connectivity index is 1.53. The highest BCUT2D eigenvalue weighted by atomic mass is 32.2. The van der Waals surface area contributed by atoms with Crippen LogP contribution in [0.25, 0.3) is 10.2 Å². The van der Waals surface area contributed by atoms with Gasteiger partial charge in [0, 0.05) is 24.5 Å². The van der Waals surface area contributed by atoms with Crippen LogP contribution >= 0.6 is 11.3 Å². The second-order valence-electron chi connectivity index (χ2n) is 6.69. The zero-order valence-electron chi connectivity index (χ0n) is 15.6. The fourth-order valence-electron chi connectivity index (χ4n) is 3.28. The van der Waals surface area contributed by atoms with Crippen molar-refractivity contribution < 1.29 is 13.2 Å². The molecule has 4 rings (SSSR count). The fraction of sp³-hybridized carbons (Fsp3) is 0.368. The molecule has 1 N–H and O–H groups in total. The third-order valence-corrected chi connectivity index (χ3v) is 7.50. The molecular weight excluding hydrogens is 396 g/mol. The number of rotatable bonds is 6. The first-order valence-electron chi connectivity index (χ1n) is 9.10. The molecule has 0 aliphatic carbocycles. The summed E-state index contributed by atoms with van der Waals surface area (Å²) in [4.78, 5) is 10.8. The summed E-state index contributed by atoms with van der Waals surface area (Å²) in [5, 5.41) is 4.34. The maximum absolute atomic E-state index is 12.8. The second kappa shape index (κ2) is 8.12. The summed E-state index contributed by atoms with van der Waals surface area (Å²) in [6.07, 6.45) is 1.55. The van der Waals surface area contributed by atoms with E-state index in [9.17, 15) is 8.42 Å². The predicted molar refractivity (Wildman–Crippen MR) is 111 cm³/mol. The third-order valence-electron chi connectivity index (χ3n) is 4.72. The van der Waals surface area contributed by atoms with Crippen LogP contribution in [0.15, 0.2) is 36.7 Å². The van der Waals surface area contributed by atoms with Gasteiger partial charge < -0.3 is 10.1 Å². The first kappa shape index (κ1) is 19.3. The number of anilines is 1. The summed E-state index contributed by atoms with van der Waals surface area (Å²) < 4.78 is 32.4. The Kier molecular flexibility index (Phi) is 5.58. The highest BCUT2D eigenvalue weighted by molar-refractivity contribution is 7.88. The Morgan fingerprint density at radius 3 is 2.71 bits per heavy atom. The van der Waals surface area contributed by atoms with Crippen molar-refractivity contribution in [3.8, 4) is 0 Å². The predicted octanol–water partition coefficient (Wildman–Crippen LogP) is 2.77. The third kappa shape index (κ3) is 4.17. The van der Waals surface area contributed by atoms with Gasteiger partial charge in [-0.25, -0.2) is 18.4 Å². The summed E-state index contributed by atoms with van der Waals surface area (Å²) in [6, 6.07) is 9.69. The van der Waals surface area contributed by atoms with E-state index in [4.69, 9.17) is 4.74 Å². The van der Waals surface area contributed by atoms with E-state index in [2.05, 4.69) is 21.4 Å². The van der Waals surface area contributed by atoms with Crippen molar-refractivity contribution in [3.05, 3.63) is 52.7 Å². The molecule has 28 heavy (non-hydrogen) atoms. The van der Waals surface area contributed by atoms with Gasteiger partial charge in [0.2, 0.25) is 10.0 Å². The largest absolute Gasteiger partial charge is 0.379 e. The molecule has 148 valence electrons. The van der Waals surface area contributed by atoms with Gasteiger partial charge in [-0.1, -0.05) is 24.3 Å². The first-order chi connectivity index (χ1) is 13.5. The molecule has 1 aliphatic heterocycles. The van der Waals surface area contributed by atoms with E-state index in [-0.39, 0.29) is 5.75 Å². The summed E-state index contributed by atoms with van der Waals surface area (Å²) >= 11 is 1.63. The molecule has 3 heterocycles. The van der Waals surface area contributed by atoms with Crippen molar-refractivity contribution in [1.82, 2.24) is 14.3 Å². The molecule has 0 saturated carbocycles. The van der Waals surface area contributed by atoms with Crippen molar-refractivity contribution in [1.29, 1.82) is 0 Å². The van der Waals surface area contributed by atoms with Gasteiger partial charge in [-0.05, 0) is 24.1 Å². The molecule has 0 unspecified atom stereocenters. The summed E-state index contributed by atoms with van der Waals surface area (Å²) in [5.74, 6) is 0.752. The Morgan fingerprint density at radius 2 is 1.93 bits per heavy atom. The van der Waals surface area contributed by atoms with Crippen molar-refractivity contribution in [3.63, 3.8) is 0 Å². The molecule has 1 fully saturated rings. The molecule has 1 aliphatic rings. The maximum atomic E-state index is 12.8. The van der Waals surface area contributed by atoms with Crippen LogP contribution in [0.2, 0.25) is 0 Å². The lowest BCUT2D eigenvalue weighted by Crippen LogP contribution is -2.41. The van der Waals surface area contributed by atoms with Gasteiger partial charge >= 0.3 is 0 Å². The van der Waals surface area contributed by atoms with Gasteiger partial charge in [0.05, 0.1) is 24.4 Å². The van der Waals surface area contributed by atoms with E-state index in [0.717, 1.165) is 27.2 Å². The van der Waals surface area contributed by atoms with Crippen LogP contribution in [0.1, 0.15) is 16.0 Å². The van der Waals surface area contributed by atoms with E-state index in [0.29, 0.717) is 32.8 Å². The minimum absolute atomic E-state index is 0.0123. The quantitative estimate of drug-likeness (QED) is 0.663. The SMILES string of the molecule is Cc1cc2c(NCc3ccccc3CS(=O)(=O)N3CCOCC3)ncnc2s1. The Hall–Kier alpha value is -2.07. The summed E-state index contributed by atoms with van der Waals surface area (Å²) in [6.45, 7) is 4.27. The van der Waals surface area contributed by atoms with E-state index in [1.807, 2.05) is 31.2 Å². The normalized spacial score (nSPS) is 15.8. The van der Waals surface area contributed by atoms with Gasteiger partial charge in [0.15, 0.2) is 0 Å². The average molecular weight is 419 g/mol. The van der Waals surface area contributed by atoms with Gasteiger partial charge in [0.1, 0.15) is 17.0 Å². The average Bonchev–Trinajstić information content (AvgIpc) is 3.08. The molecule has 1 aromatic carbocycles. The van der Waals surface area contributed by atoms with Gasteiger partial charge in [-0.15, -0.1) is 11.3 Å². The number of hydrogen-bond donors (Lipinski definition) is 1. The molecule has 0 amide bonds. The van der Waals surface area contributed by atoms with Crippen molar-refractivity contribution in [2.24, 2.45) is 0 Å². The standard InChI is InChI=1S/C19H22N4O3S2/c1-14-10-17-18(21-13-22-19(17)27-14)20-11-15-4-2-3-5-16(15)12-28(24,25)23-6-8-26-9-7-23/h2-5,10,13H,6-9,11-12H2,1H3,(H,20,21,22). The highest BCUT2D eigenvalue weighted by Crippen LogP contribution is 2.28. The number of benzene rings is 1. The minimum atomic E-state index is -3.37. The molecule has 0 radical (unpaired) electrons. The van der Waals surface area contributed by atoms with Crippen molar-refractivity contribution in [2.75, 3.05) is 31.6 Å². The lowest BCUT2D eigenvalue weighted by Gasteiger charge is -2.26. The van der Waals surface area contributed by atoms with Crippen molar-refractivity contribution >= 4 is 37.4 Å². The van der Waals surface area contributed by atoms with E-state index in [1.165, 1.54) is 9.18 Å². The van der Waals surface area contributed by atoms with Crippen molar-refractivity contribution in [2.45, 2.75) is 19.2 Å². The van der Waals surface area contributed by atoms with Crippen LogP contribution in [0.5, 0.6) is 0 Å². The number of nitrogens with zero attached hydrogens (tertiary/aromatic N) is 3. The zero-order chi connectivity index (χ0) is 19.6. The number of morpholine rings is 1. The molecule has 1 saturated heterocycles. The van der Waals surface area contributed by atoms with E-state index < -0.39 is 10.0 Å². The number of hydrogen-bond acceptors (Lipinski definition) is 7. The molecule has 0 spiro atoms. The molecule has 0 bridgehead atoms. The molecule has 3 aromatic rings. The zero-order valence-corrected chi connectivity index (χ0v) is 17.2. The topological polar surface area (TPSA) is 84.4 Å². The summed E-state index contributed by atoms with van der Waals surface area (Å²) in [5.41, 5.74) is 1.74. The number of aryl methyl sites for hydroxylation is 1. The summed E-state index contributed by atoms with van der Waals surface area (Å²) in [7, 11) is -3.37. The number of fused-ring (bicyclic) bond motifs is 1. The smallest absolute Gasteiger partial charge is 0.218 e. The Labute approximate surface area is 168 Å². The molecule has 0 atom stereocenters. The Bertz CT molecular complexity index is 1080. The van der Waals surface area contributed by atoms with Crippen LogP contribution in [-0.4, -0.2) is 49.0 Å². The number of nitrogens with one attached hydrogen (secondary N) is 1. The van der Waals surface area contributed by atoms with Crippen LogP contribution in [0, 0.1) is 6.92 Å². The first-order valence-corrected chi connectivity index (χ1v) is 11.5. The highest BCUT2D eigenvalue weighted by Gasteiger charge is 2.25. The van der Waals surface area contributed by atoms with Gasteiger partial charge in [-0.3, -0.25) is 0 Å². The molecule has 7 nitrogen and oxygen atoms in total. The fourth-order valence-corrected chi connectivity index (χ4v) is 5.69.